The van der Waals surface area contributed by atoms with E-state index in [1.54, 1.807) is 36.4 Å². The molecule has 3 aromatic rings. The Morgan fingerprint density at radius 2 is 1.80 bits per heavy atom. The van der Waals surface area contributed by atoms with Gasteiger partial charge in [-0.1, -0.05) is 11.6 Å². The molecule has 0 saturated carbocycles. The summed E-state index contributed by atoms with van der Waals surface area (Å²) >= 11 is 7.23. The summed E-state index contributed by atoms with van der Waals surface area (Å²) in [6.45, 7) is 0.494. The normalized spacial score (nSPS) is 10.7. The van der Waals surface area contributed by atoms with Gasteiger partial charge in [0.2, 0.25) is 0 Å². The first-order chi connectivity index (χ1) is 12.0. The fourth-order valence-corrected chi connectivity index (χ4v) is 3.50. The number of nitrogen functional groups attached to an aromatic ring is 1. The van der Waals surface area contributed by atoms with Gasteiger partial charge in [-0.25, -0.2) is 4.39 Å². The van der Waals surface area contributed by atoms with Crippen molar-refractivity contribution < 1.29 is 9.18 Å². The van der Waals surface area contributed by atoms with Crippen LogP contribution in [0.2, 0.25) is 5.02 Å². The number of nitrogens with two attached hydrogens (primary N) is 1. The molecule has 6 heteroatoms. The Hall–Kier alpha value is -2.37. The summed E-state index contributed by atoms with van der Waals surface area (Å²) in [7, 11) is 1.89. The quantitative estimate of drug-likeness (QED) is 0.640. The van der Waals surface area contributed by atoms with Crippen LogP contribution in [0.25, 0.3) is 0 Å². The lowest BCUT2D eigenvalue weighted by atomic mass is 10.0. The Labute approximate surface area is 154 Å². The number of carbonyl (C=O) groups is 1. The summed E-state index contributed by atoms with van der Waals surface area (Å²) in [5, 5.41) is 2.95. The van der Waals surface area contributed by atoms with Gasteiger partial charge in [0.25, 0.3) is 0 Å². The second kappa shape index (κ2) is 7.25. The number of hydrogen-bond acceptors (Lipinski definition) is 4. The van der Waals surface area contributed by atoms with E-state index in [2.05, 4.69) is 0 Å². The minimum absolute atomic E-state index is 0.127. The molecule has 0 aliphatic carbocycles. The maximum atomic E-state index is 13.1. The average Bonchev–Trinajstić information content (AvgIpc) is 2.96. The molecule has 2 N–H and O–H groups in total. The number of halogens is 2. The Kier molecular flexibility index (Phi) is 5.06. The fraction of sp³-hybridized carbons (Fsp3) is 0.105. The number of rotatable bonds is 5. The molecule has 0 bridgehead atoms. The molecular weight excluding hydrogens is 359 g/mol. The summed E-state index contributed by atoms with van der Waals surface area (Å²) in [6.07, 6.45) is 0. The minimum atomic E-state index is -0.282. The van der Waals surface area contributed by atoms with Crippen LogP contribution in [-0.4, -0.2) is 12.8 Å². The van der Waals surface area contributed by atoms with Gasteiger partial charge in [-0.3, -0.25) is 4.79 Å². The highest BCUT2D eigenvalue weighted by Gasteiger charge is 2.20. The zero-order valence-corrected chi connectivity index (χ0v) is 15.1. The number of thiophene rings is 1. The van der Waals surface area contributed by atoms with Crippen molar-refractivity contribution in [2.75, 3.05) is 17.7 Å². The number of carbonyl (C=O) groups excluding carboxylic acids is 1. The number of ketones is 1. The fourth-order valence-electron chi connectivity index (χ4n) is 2.57. The maximum Gasteiger partial charge on any atom is 0.196 e. The van der Waals surface area contributed by atoms with Crippen molar-refractivity contribution in [1.29, 1.82) is 0 Å². The number of anilines is 2. The summed E-state index contributed by atoms with van der Waals surface area (Å²) < 4.78 is 13.1. The molecule has 128 valence electrons. The summed E-state index contributed by atoms with van der Waals surface area (Å²) in [6, 6.07) is 13.0. The second-order valence-corrected chi connectivity index (χ2v) is 7.02. The molecule has 1 heterocycles. The lowest BCUT2D eigenvalue weighted by molar-refractivity contribution is 0.103. The van der Waals surface area contributed by atoms with Crippen LogP contribution in [0, 0.1) is 5.82 Å². The predicted octanol–water partition coefficient (Wildman–Crippen LogP) is 4.99. The molecule has 3 nitrogen and oxygen atoms in total. The molecule has 0 atom stereocenters. The van der Waals surface area contributed by atoms with Crippen molar-refractivity contribution in [3.63, 3.8) is 0 Å². The van der Waals surface area contributed by atoms with E-state index in [-0.39, 0.29) is 11.6 Å². The number of benzene rings is 2. The SMILES string of the molecule is CN(Cc1csc(N)c1C(=O)c1ccc(Cl)cc1)c1ccc(F)cc1. The topological polar surface area (TPSA) is 46.3 Å². The third-order valence-electron chi connectivity index (χ3n) is 3.90. The van der Waals surface area contributed by atoms with Crippen molar-refractivity contribution >= 4 is 39.4 Å². The van der Waals surface area contributed by atoms with Crippen LogP contribution in [0.4, 0.5) is 15.1 Å². The van der Waals surface area contributed by atoms with Gasteiger partial charge in [0, 0.05) is 29.9 Å². The van der Waals surface area contributed by atoms with Crippen LogP contribution < -0.4 is 10.6 Å². The van der Waals surface area contributed by atoms with Gasteiger partial charge in [-0.2, -0.15) is 0 Å². The highest BCUT2D eigenvalue weighted by atomic mass is 35.5. The smallest absolute Gasteiger partial charge is 0.196 e. The Morgan fingerprint density at radius 1 is 1.16 bits per heavy atom. The van der Waals surface area contributed by atoms with Gasteiger partial charge in [0.05, 0.1) is 10.6 Å². The van der Waals surface area contributed by atoms with Crippen LogP contribution in [0.1, 0.15) is 21.5 Å². The average molecular weight is 375 g/mol. The van der Waals surface area contributed by atoms with Gasteiger partial charge in [-0.15, -0.1) is 11.3 Å². The van der Waals surface area contributed by atoms with E-state index >= 15 is 0 Å². The first-order valence-electron chi connectivity index (χ1n) is 7.58. The van der Waals surface area contributed by atoms with E-state index in [1.807, 2.05) is 17.3 Å². The van der Waals surface area contributed by atoms with Crippen molar-refractivity contribution in [3.8, 4) is 0 Å². The number of nitrogens with zero attached hydrogens (tertiary/aromatic N) is 1. The third-order valence-corrected chi connectivity index (χ3v) is 5.02. The molecule has 0 aliphatic heterocycles. The van der Waals surface area contributed by atoms with Crippen molar-refractivity contribution in [1.82, 2.24) is 0 Å². The molecule has 0 fully saturated rings. The third kappa shape index (κ3) is 3.83. The van der Waals surface area contributed by atoms with E-state index in [9.17, 15) is 9.18 Å². The zero-order valence-electron chi connectivity index (χ0n) is 13.5. The lowest BCUT2D eigenvalue weighted by Gasteiger charge is -2.19. The minimum Gasteiger partial charge on any atom is -0.390 e. The van der Waals surface area contributed by atoms with Gasteiger partial charge < -0.3 is 10.6 Å². The molecule has 0 aliphatic rings. The molecule has 0 radical (unpaired) electrons. The molecule has 0 amide bonds. The van der Waals surface area contributed by atoms with Gasteiger partial charge in [0.1, 0.15) is 5.82 Å². The first-order valence-corrected chi connectivity index (χ1v) is 8.84. The standard InChI is InChI=1S/C19H16ClFN2OS/c1-23(16-8-6-15(21)7-9-16)10-13-11-25-19(22)17(13)18(24)12-2-4-14(20)5-3-12/h2-9,11H,10,22H2,1H3. The molecular formula is C19H16ClFN2OS. The molecule has 0 spiro atoms. The second-order valence-electron chi connectivity index (χ2n) is 5.67. The Bertz CT molecular complexity index is 891. The largest absolute Gasteiger partial charge is 0.390 e. The monoisotopic (exact) mass is 374 g/mol. The summed E-state index contributed by atoms with van der Waals surface area (Å²) in [4.78, 5) is 14.8. The van der Waals surface area contributed by atoms with E-state index in [0.29, 0.717) is 27.7 Å². The molecule has 1 aromatic heterocycles. The van der Waals surface area contributed by atoms with Gasteiger partial charge in [-0.05, 0) is 59.5 Å². The summed E-state index contributed by atoms with van der Waals surface area (Å²) in [5.74, 6) is -0.409. The lowest BCUT2D eigenvalue weighted by Crippen LogP contribution is -2.18. The van der Waals surface area contributed by atoms with Crippen molar-refractivity contribution in [3.05, 3.63) is 81.4 Å². The Balaban J connectivity index is 1.87. The molecule has 0 unspecified atom stereocenters. The number of hydrogen-bond donors (Lipinski definition) is 1. The predicted molar refractivity (Wildman–Crippen MR) is 102 cm³/mol. The van der Waals surface area contributed by atoms with Gasteiger partial charge >= 0.3 is 0 Å². The highest BCUT2D eigenvalue weighted by molar-refractivity contribution is 7.14. The summed E-state index contributed by atoms with van der Waals surface area (Å²) in [5.41, 5.74) is 8.80. The van der Waals surface area contributed by atoms with E-state index in [1.165, 1.54) is 23.5 Å². The first kappa shape index (κ1) is 17.5. The van der Waals surface area contributed by atoms with Crippen LogP contribution in [0.5, 0.6) is 0 Å². The van der Waals surface area contributed by atoms with Crippen LogP contribution in [-0.2, 0) is 6.54 Å². The van der Waals surface area contributed by atoms with Crippen molar-refractivity contribution in [2.24, 2.45) is 0 Å². The maximum absolute atomic E-state index is 13.1. The molecule has 0 saturated heterocycles. The molecule has 2 aromatic carbocycles. The van der Waals surface area contributed by atoms with Crippen LogP contribution in [0.3, 0.4) is 0 Å². The van der Waals surface area contributed by atoms with Gasteiger partial charge in [0.15, 0.2) is 5.78 Å². The Morgan fingerprint density at radius 3 is 2.44 bits per heavy atom. The van der Waals surface area contributed by atoms with Crippen molar-refractivity contribution in [2.45, 2.75) is 6.54 Å². The van der Waals surface area contributed by atoms with E-state index in [4.69, 9.17) is 17.3 Å². The van der Waals surface area contributed by atoms with E-state index < -0.39 is 0 Å². The van der Waals surface area contributed by atoms with Crippen LogP contribution in [0.15, 0.2) is 53.9 Å². The molecule has 25 heavy (non-hydrogen) atoms. The molecule has 3 rings (SSSR count). The highest BCUT2D eigenvalue weighted by Crippen LogP contribution is 2.30. The van der Waals surface area contributed by atoms with E-state index in [0.717, 1.165) is 11.3 Å². The zero-order chi connectivity index (χ0) is 18.0. The van der Waals surface area contributed by atoms with Crippen LogP contribution >= 0.6 is 22.9 Å².